The Hall–Kier alpha value is -1.30. The zero-order chi connectivity index (χ0) is 14.5. The Labute approximate surface area is 123 Å². The third kappa shape index (κ3) is 3.42. The highest BCUT2D eigenvalue weighted by Crippen LogP contribution is 2.25. The molecule has 20 heavy (non-hydrogen) atoms. The van der Waals surface area contributed by atoms with E-state index in [4.69, 9.17) is 22.6 Å². The maximum absolute atomic E-state index is 12.6. The van der Waals surface area contributed by atoms with Crippen molar-refractivity contribution in [3.05, 3.63) is 28.8 Å². The van der Waals surface area contributed by atoms with Gasteiger partial charge in [0.1, 0.15) is 0 Å². The monoisotopic (exact) mass is 297 g/mol. The average molecular weight is 298 g/mol. The summed E-state index contributed by atoms with van der Waals surface area (Å²) in [5.74, 6) is 5.75. The Morgan fingerprint density at radius 2 is 2.35 bits per heavy atom. The molecule has 0 saturated carbocycles. The van der Waals surface area contributed by atoms with E-state index in [9.17, 15) is 4.79 Å². The molecule has 0 spiro atoms. The Bertz CT molecular complexity index is 479. The Morgan fingerprint density at radius 1 is 1.55 bits per heavy atom. The number of hydrogen-bond donors (Lipinski definition) is 3. The van der Waals surface area contributed by atoms with Crippen LogP contribution in [0.25, 0.3) is 0 Å². The SMILES string of the molecule is NNc1ccc(Cl)cc1C(=O)N1CCCC(CCO)C1. The first-order chi connectivity index (χ1) is 9.65. The van der Waals surface area contributed by atoms with Crippen LogP contribution in [-0.2, 0) is 0 Å². The molecule has 0 bridgehead atoms. The highest BCUT2D eigenvalue weighted by molar-refractivity contribution is 6.31. The first kappa shape index (κ1) is 15.1. The second-order valence-electron chi connectivity index (χ2n) is 5.11. The molecule has 1 amide bonds. The number of nitrogen functional groups attached to an aromatic ring is 1. The van der Waals surface area contributed by atoms with Crippen LogP contribution in [0, 0.1) is 5.92 Å². The van der Waals surface area contributed by atoms with Gasteiger partial charge in [-0.05, 0) is 43.4 Å². The van der Waals surface area contributed by atoms with E-state index in [0.717, 1.165) is 25.8 Å². The van der Waals surface area contributed by atoms with E-state index >= 15 is 0 Å². The summed E-state index contributed by atoms with van der Waals surface area (Å²) in [6.07, 6.45) is 2.76. The van der Waals surface area contributed by atoms with Crippen molar-refractivity contribution in [2.45, 2.75) is 19.3 Å². The smallest absolute Gasteiger partial charge is 0.256 e. The van der Waals surface area contributed by atoms with Gasteiger partial charge < -0.3 is 15.4 Å². The number of nitrogens with two attached hydrogens (primary N) is 1. The van der Waals surface area contributed by atoms with Crippen LogP contribution in [0.3, 0.4) is 0 Å². The number of piperidine rings is 1. The van der Waals surface area contributed by atoms with Crippen molar-refractivity contribution in [3.63, 3.8) is 0 Å². The minimum absolute atomic E-state index is 0.0666. The van der Waals surface area contributed by atoms with Crippen LogP contribution in [0.4, 0.5) is 5.69 Å². The predicted molar refractivity (Wildman–Crippen MR) is 79.6 cm³/mol. The summed E-state index contributed by atoms with van der Waals surface area (Å²) in [7, 11) is 0. The first-order valence-electron chi connectivity index (χ1n) is 6.82. The number of amides is 1. The van der Waals surface area contributed by atoms with Crippen molar-refractivity contribution in [3.8, 4) is 0 Å². The Balaban J connectivity index is 2.16. The van der Waals surface area contributed by atoms with Crippen molar-refractivity contribution in [1.29, 1.82) is 0 Å². The van der Waals surface area contributed by atoms with Gasteiger partial charge in [-0.1, -0.05) is 11.6 Å². The number of benzene rings is 1. The van der Waals surface area contributed by atoms with Crippen molar-refractivity contribution in [2.75, 3.05) is 25.1 Å². The molecule has 4 N–H and O–H groups in total. The van der Waals surface area contributed by atoms with E-state index in [0.29, 0.717) is 28.7 Å². The van der Waals surface area contributed by atoms with Gasteiger partial charge in [-0.15, -0.1) is 0 Å². The maximum Gasteiger partial charge on any atom is 0.256 e. The predicted octanol–water partition coefficient (Wildman–Crippen LogP) is 1.86. The molecule has 1 heterocycles. The normalized spacial score (nSPS) is 18.9. The van der Waals surface area contributed by atoms with E-state index in [2.05, 4.69) is 5.43 Å². The minimum atomic E-state index is -0.0666. The van der Waals surface area contributed by atoms with Crippen molar-refractivity contribution < 1.29 is 9.90 Å². The van der Waals surface area contributed by atoms with Gasteiger partial charge in [-0.25, -0.2) is 0 Å². The number of nitrogens with zero attached hydrogens (tertiary/aromatic N) is 1. The van der Waals surface area contributed by atoms with E-state index in [1.54, 1.807) is 18.2 Å². The van der Waals surface area contributed by atoms with Gasteiger partial charge in [0, 0.05) is 24.7 Å². The minimum Gasteiger partial charge on any atom is -0.396 e. The van der Waals surface area contributed by atoms with E-state index in [1.165, 1.54) is 0 Å². The molecule has 110 valence electrons. The molecular formula is C14H20ClN3O2. The van der Waals surface area contributed by atoms with Crippen molar-refractivity contribution >= 4 is 23.2 Å². The summed E-state index contributed by atoms with van der Waals surface area (Å²) in [6.45, 7) is 1.58. The van der Waals surface area contributed by atoms with Gasteiger partial charge in [0.05, 0.1) is 11.3 Å². The Morgan fingerprint density at radius 3 is 3.05 bits per heavy atom. The fraction of sp³-hybridized carbons (Fsp3) is 0.500. The molecule has 1 aromatic carbocycles. The maximum atomic E-state index is 12.6. The van der Waals surface area contributed by atoms with Crippen LogP contribution in [0.1, 0.15) is 29.6 Å². The fourth-order valence-electron chi connectivity index (χ4n) is 2.66. The topological polar surface area (TPSA) is 78.6 Å². The summed E-state index contributed by atoms with van der Waals surface area (Å²) < 4.78 is 0. The lowest BCUT2D eigenvalue weighted by molar-refractivity contribution is 0.0654. The second-order valence-corrected chi connectivity index (χ2v) is 5.54. The number of aliphatic hydroxyl groups is 1. The summed E-state index contributed by atoms with van der Waals surface area (Å²) >= 11 is 5.96. The van der Waals surface area contributed by atoms with Crippen LogP contribution in [-0.4, -0.2) is 35.6 Å². The number of rotatable bonds is 4. The number of nitrogens with one attached hydrogen (secondary N) is 1. The van der Waals surface area contributed by atoms with Crippen LogP contribution in [0.15, 0.2) is 18.2 Å². The zero-order valence-electron chi connectivity index (χ0n) is 11.3. The number of hydrazine groups is 1. The van der Waals surface area contributed by atoms with Gasteiger partial charge >= 0.3 is 0 Å². The van der Waals surface area contributed by atoms with Gasteiger partial charge in [-0.2, -0.15) is 0 Å². The molecule has 5 nitrogen and oxygen atoms in total. The number of hydrogen-bond acceptors (Lipinski definition) is 4. The first-order valence-corrected chi connectivity index (χ1v) is 7.19. The van der Waals surface area contributed by atoms with E-state index in [-0.39, 0.29) is 12.5 Å². The largest absolute Gasteiger partial charge is 0.396 e. The highest BCUT2D eigenvalue weighted by Gasteiger charge is 2.25. The molecule has 1 unspecified atom stereocenters. The molecule has 0 aliphatic carbocycles. The quantitative estimate of drug-likeness (QED) is 0.585. The average Bonchev–Trinajstić information content (AvgIpc) is 2.47. The summed E-state index contributed by atoms with van der Waals surface area (Å²) in [5, 5.41) is 9.54. The number of halogens is 1. The summed E-state index contributed by atoms with van der Waals surface area (Å²) in [6, 6.07) is 5.03. The Kier molecular flexibility index (Phi) is 5.23. The van der Waals surface area contributed by atoms with Gasteiger partial charge in [-0.3, -0.25) is 10.6 Å². The van der Waals surface area contributed by atoms with E-state index < -0.39 is 0 Å². The molecule has 0 radical (unpaired) electrons. The lowest BCUT2D eigenvalue weighted by Crippen LogP contribution is -2.40. The third-order valence-electron chi connectivity index (χ3n) is 3.71. The standard InChI is InChI=1S/C14H20ClN3O2/c15-11-3-4-13(17-16)12(8-11)14(20)18-6-1-2-10(9-18)5-7-19/h3-4,8,10,17,19H,1-2,5-7,9,16H2. The van der Waals surface area contributed by atoms with E-state index in [1.807, 2.05) is 4.90 Å². The van der Waals surface area contributed by atoms with Crippen molar-refractivity contribution in [2.24, 2.45) is 11.8 Å². The second kappa shape index (κ2) is 6.92. The molecule has 1 saturated heterocycles. The number of likely N-dealkylation sites (tertiary alicyclic amines) is 1. The summed E-state index contributed by atoms with van der Waals surface area (Å²) in [5.41, 5.74) is 3.60. The van der Waals surface area contributed by atoms with Crippen LogP contribution >= 0.6 is 11.6 Å². The number of anilines is 1. The molecular weight excluding hydrogens is 278 g/mol. The molecule has 0 aromatic heterocycles. The lowest BCUT2D eigenvalue weighted by atomic mass is 9.94. The van der Waals surface area contributed by atoms with Crippen LogP contribution < -0.4 is 11.3 Å². The molecule has 6 heteroatoms. The molecule has 1 fully saturated rings. The number of carbonyl (C=O) groups is 1. The van der Waals surface area contributed by atoms with Crippen LogP contribution in [0.5, 0.6) is 0 Å². The van der Waals surface area contributed by atoms with Gasteiger partial charge in [0.15, 0.2) is 0 Å². The number of carbonyl (C=O) groups excluding carboxylic acids is 1. The molecule has 1 aliphatic rings. The zero-order valence-corrected chi connectivity index (χ0v) is 12.1. The molecule has 1 aliphatic heterocycles. The van der Waals surface area contributed by atoms with Gasteiger partial charge in [0.25, 0.3) is 5.91 Å². The molecule has 1 aromatic rings. The third-order valence-corrected chi connectivity index (χ3v) is 3.95. The number of aliphatic hydroxyl groups excluding tert-OH is 1. The van der Waals surface area contributed by atoms with Gasteiger partial charge in [0.2, 0.25) is 0 Å². The van der Waals surface area contributed by atoms with Crippen LogP contribution in [0.2, 0.25) is 5.02 Å². The summed E-state index contributed by atoms with van der Waals surface area (Å²) in [4.78, 5) is 14.4. The molecule has 2 rings (SSSR count). The van der Waals surface area contributed by atoms with Crippen molar-refractivity contribution in [1.82, 2.24) is 4.90 Å². The highest BCUT2D eigenvalue weighted by atomic mass is 35.5. The lowest BCUT2D eigenvalue weighted by Gasteiger charge is -2.33. The molecule has 1 atom stereocenters. The fourth-order valence-corrected chi connectivity index (χ4v) is 2.83.